The molecule has 6 nitrogen and oxygen atoms in total. The molecule has 1 saturated heterocycles. The summed E-state index contributed by atoms with van der Waals surface area (Å²) in [7, 11) is 0. The number of anilines is 1. The molecule has 0 aliphatic carbocycles. The highest BCUT2D eigenvalue weighted by molar-refractivity contribution is 5.80. The zero-order valence-electron chi connectivity index (χ0n) is 17.0. The van der Waals surface area contributed by atoms with Gasteiger partial charge in [0.05, 0.1) is 19.3 Å². The molecule has 0 spiro atoms. The molecule has 0 radical (unpaired) electrons. The van der Waals surface area contributed by atoms with Gasteiger partial charge in [-0.1, -0.05) is 32.0 Å². The van der Waals surface area contributed by atoms with Gasteiger partial charge in [0, 0.05) is 38.0 Å². The summed E-state index contributed by atoms with van der Waals surface area (Å²) < 4.78 is 5.49. The highest BCUT2D eigenvalue weighted by Crippen LogP contribution is 2.19. The molecule has 152 valence electrons. The van der Waals surface area contributed by atoms with Crippen molar-refractivity contribution in [2.24, 2.45) is 10.9 Å². The SMILES string of the molecule is CCNC(=NCC(O)COCC(C)C)NC1CCN(c2ccccc2)CC1. The number of aliphatic hydroxyl groups excluding tert-OH is 1. The Balaban J connectivity index is 1.76. The van der Waals surface area contributed by atoms with Crippen molar-refractivity contribution in [2.75, 3.05) is 44.3 Å². The lowest BCUT2D eigenvalue weighted by molar-refractivity contribution is 0.0301. The summed E-state index contributed by atoms with van der Waals surface area (Å²) in [5.41, 5.74) is 1.29. The largest absolute Gasteiger partial charge is 0.389 e. The van der Waals surface area contributed by atoms with Crippen LogP contribution in [0.2, 0.25) is 0 Å². The van der Waals surface area contributed by atoms with E-state index < -0.39 is 6.10 Å². The van der Waals surface area contributed by atoms with Crippen molar-refractivity contribution in [3.05, 3.63) is 30.3 Å². The highest BCUT2D eigenvalue weighted by Gasteiger charge is 2.20. The third kappa shape index (κ3) is 8.18. The number of aliphatic hydroxyl groups is 1. The second kappa shape index (κ2) is 11.8. The lowest BCUT2D eigenvalue weighted by Crippen LogP contribution is -2.49. The van der Waals surface area contributed by atoms with E-state index >= 15 is 0 Å². The Kier molecular flexibility index (Phi) is 9.42. The summed E-state index contributed by atoms with van der Waals surface area (Å²) in [4.78, 5) is 6.96. The van der Waals surface area contributed by atoms with Crippen molar-refractivity contribution in [1.82, 2.24) is 10.6 Å². The van der Waals surface area contributed by atoms with Gasteiger partial charge in [0.1, 0.15) is 0 Å². The third-order valence-electron chi connectivity index (χ3n) is 4.52. The lowest BCUT2D eigenvalue weighted by Gasteiger charge is -2.34. The first-order valence-corrected chi connectivity index (χ1v) is 10.2. The maximum Gasteiger partial charge on any atom is 0.191 e. The number of hydrogen-bond donors (Lipinski definition) is 3. The quantitative estimate of drug-likeness (QED) is 0.456. The number of guanidine groups is 1. The van der Waals surface area contributed by atoms with Gasteiger partial charge in [-0.2, -0.15) is 0 Å². The van der Waals surface area contributed by atoms with E-state index in [9.17, 15) is 5.11 Å². The van der Waals surface area contributed by atoms with Gasteiger partial charge in [-0.15, -0.1) is 0 Å². The Morgan fingerprint density at radius 1 is 1.22 bits per heavy atom. The van der Waals surface area contributed by atoms with Gasteiger partial charge in [0.25, 0.3) is 0 Å². The molecule has 0 saturated carbocycles. The molecule has 0 aromatic heterocycles. The molecule has 1 atom stereocenters. The number of piperidine rings is 1. The molecule has 1 aliphatic heterocycles. The number of benzene rings is 1. The minimum absolute atomic E-state index is 0.330. The number of para-hydroxylation sites is 1. The van der Waals surface area contributed by atoms with E-state index in [2.05, 4.69) is 71.6 Å². The average molecular weight is 377 g/mol. The second-order valence-corrected chi connectivity index (χ2v) is 7.55. The fourth-order valence-corrected chi connectivity index (χ4v) is 3.12. The van der Waals surface area contributed by atoms with Crippen molar-refractivity contribution in [1.29, 1.82) is 0 Å². The van der Waals surface area contributed by atoms with E-state index in [4.69, 9.17) is 4.74 Å². The van der Waals surface area contributed by atoms with Crippen LogP contribution in [0.3, 0.4) is 0 Å². The summed E-state index contributed by atoms with van der Waals surface area (Å²) in [5.74, 6) is 1.25. The first-order chi connectivity index (χ1) is 13.1. The Morgan fingerprint density at radius 2 is 1.93 bits per heavy atom. The number of nitrogens with zero attached hydrogens (tertiary/aromatic N) is 2. The van der Waals surface area contributed by atoms with Crippen molar-refractivity contribution in [2.45, 2.75) is 45.8 Å². The molecule has 1 aliphatic rings. The van der Waals surface area contributed by atoms with E-state index in [0.29, 0.717) is 31.7 Å². The molecule has 1 aromatic rings. The van der Waals surface area contributed by atoms with Crippen LogP contribution >= 0.6 is 0 Å². The Bertz CT molecular complexity index is 542. The molecule has 1 heterocycles. The smallest absolute Gasteiger partial charge is 0.191 e. The first kappa shape index (κ1) is 21.5. The molecule has 1 aromatic carbocycles. The van der Waals surface area contributed by atoms with Gasteiger partial charge in [0.15, 0.2) is 5.96 Å². The standard InChI is InChI=1S/C21H36N4O2/c1-4-22-21(23-14-20(26)16-27-15-17(2)3)24-18-10-12-25(13-11-18)19-8-6-5-7-9-19/h5-9,17-18,20,26H,4,10-16H2,1-3H3,(H2,22,23,24). The van der Waals surface area contributed by atoms with Crippen molar-refractivity contribution in [3.8, 4) is 0 Å². The number of aliphatic imine (C=N–C) groups is 1. The van der Waals surface area contributed by atoms with Gasteiger partial charge < -0.3 is 25.4 Å². The van der Waals surface area contributed by atoms with Gasteiger partial charge in [-0.05, 0) is 37.8 Å². The molecule has 1 unspecified atom stereocenters. The maximum absolute atomic E-state index is 10.1. The van der Waals surface area contributed by atoms with Crippen LogP contribution in [0.15, 0.2) is 35.3 Å². The zero-order chi connectivity index (χ0) is 19.5. The molecule has 27 heavy (non-hydrogen) atoms. The summed E-state index contributed by atoms with van der Waals surface area (Å²) in [6.45, 7) is 10.5. The summed E-state index contributed by atoms with van der Waals surface area (Å²) >= 11 is 0. The van der Waals surface area contributed by atoms with E-state index in [1.165, 1.54) is 5.69 Å². The van der Waals surface area contributed by atoms with Crippen LogP contribution < -0.4 is 15.5 Å². The molecule has 3 N–H and O–H groups in total. The van der Waals surface area contributed by atoms with Crippen molar-refractivity contribution in [3.63, 3.8) is 0 Å². The number of nitrogens with one attached hydrogen (secondary N) is 2. The molecule has 0 amide bonds. The van der Waals surface area contributed by atoms with Gasteiger partial charge in [-0.25, -0.2) is 0 Å². The van der Waals surface area contributed by atoms with Crippen LogP contribution in [-0.2, 0) is 4.74 Å². The summed E-state index contributed by atoms with van der Waals surface area (Å²) in [6.07, 6.45) is 1.57. The number of ether oxygens (including phenoxy) is 1. The average Bonchev–Trinajstić information content (AvgIpc) is 2.67. The van der Waals surface area contributed by atoms with Crippen LogP contribution in [-0.4, -0.2) is 62.6 Å². The van der Waals surface area contributed by atoms with E-state index in [1.54, 1.807) is 0 Å². The zero-order valence-corrected chi connectivity index (χ0v) is 17.0. The Hall–Kier alpha value is -1.79. The van der Waals surface area contributed by atoms with Crippen LogP contribution in [0.25, 0.3) is 0 Å². The fourth-order valence-electron chi connectivity index (χ4n) is 3.12. The van der Waals surface area contributed by atoms with E-state index in [-0.39, 0.29) is 0 Å². The molecular formula is C21H36N4O2. The van der Waals surface area contributed by atoms with Crippen LogP contribution in [0.4, 0.5) is 5.69 Å². The minimum atomic E-state index is -0.570. The van der Waals surface area contributed by atoms with Crippen LogP contribution in [0, 0.1) is 5.92 Å². The Labute approximate surface area is 164 Å². The minimum Gasteiger partial charge on any atom is -0.389 e. The number of hydrogen-bond acceptors (Lipinski definition) is 4. The molecular weight excluding hydrogens is 340 g/mol. The normalized spacial score (nSPS) is 17.2. The topological polar surface area (TPSA) is 69.1 Å². The molecule has 6 heteroatoms. The van der Waals surface area contributed by atoms with Crippen molar-refractivity contribution >= 4 is 11.6 Å². The van der Waals surface area contributed by atoms with Crippen molar-refractivity contribution < 1.29 is 9.84 Å². The third-order valence-corrected chi connectivity index (χ3v) is 4.52. The molecule has 2 rings (SSSR count). The van der Waals surface area contributed by atoms with E-state index in [0.717, 1.165) is 38.4 Å². The predicted octanol–water partition coefficient (Wildman–Crippen LogP) is 2.24. The second-order valence-electron chi connectivity index (χ2n) is 7.55. The van der Waals surface area contributed by atoms with Crippen LogP contribution in [0.5, 0.6) is 0 Å². The van der Waals surface area contributed by atoms with Gasteiger partial charge >= 0.3 is 0 Å². The maximum atomic E-state index is 10.1. The monoisotopic (exact) mass is 376 g/mol. The van der Waals surface area contributed by atoms with Gasteiger partial charge in [0.2, 0.25) is 0 Å². The van der Waals surface area contributed by atoms with E-state index in [1.807, 2.05) is 0 Å². The number of rotatable bonds is 9. The molecule has 0 bridgehead atoms. The molecule has 1 fully saturated rings. The summed E-state index contributed by atoms with van der Waals surface area (Å²) in [5, 5.41) is 16.8. The van der Waals surface area contributed by atoms with Crippen LogP contribution in [0.1, 0.15) is 33.6 Å². The highest BCUT2D eigenvalue weighted by atomic mass is 16.5. The van der Waals surface area contributed by atoms with Gasteiger partial charge in [-0.3, -0.25) is 4.99 Å². The Morgan fingerprint density at radius 3 is 2.56 bits per heavy atom. The predicted molar refractivity (Wildman–Crippen MR) is 112 cm³/mol. The lowest BCUT2D eigenvalue weighted by atomic mass is 10.0. The fraction of sp³-hybridized carbons (Fsp3) is 0.667. The summed E-state index contributed by atoms with van der Waals surface area (Å²) in [6, 6.07) is 11.0. The first-order valence-electron chi connectivity index (χ1n) is 10.2.